The molecule has 1 aromatic heterocycles. The maximum absolute atomic E-state index is 10.5. The molecule has 1 aromatic rings. The van der Waals surface area contributed by atoms with Crippen LogP contribution in [0.1, 0.15) is 29.6 Å². The molecular formula is C10H12N3O2-. The molecule has 0 saturated carbocycles. The Labute approximate surface area is 87.8 Å². The molecule has 0 radical (unpaired) electrons. The molecule has 15 heavy (non-hydrogen) atoms. The first kappa shape index (κ1) is 9.89. The molecule has 0 aliphatic carbocycles. The van der Waals surface area contributed by atoms with Crippen LogP contribution in [0.3, 0.4) is 0 Å². The first-order valence-electron chi connectivity index (χ1n) is 5.06. The normalized spacial score (nSPS) is 16.4. The fraction of sp³-hybridized carbons (Fsp3) is 0.500. The number of hydrogen-bond acceptors (Lipinski definition) is 5. The van der Waals surface area contributed by atoms with Crippen molar-refractivity contribution in [2.45, 2.75) is 19.3 Å². The average Bonchev–Trinajstić information content (AvgIpc) is 2.30. The van der Waals surface area contributed by atoms with Crippen molar-refractivity contribution >= 4 is 11.9 Å². The fourth-order valence-corrected chi connectivity index (χ4v) is 1.68. The summed E-state index contributed by atoms with van der Waals surface area (Å²) in [5.41, 5.74) is 0.0239. The van der Waals surface area contributed by atoms with E-state index in [4.69, 9.17) is 0 Å². The third-order valence-corrected chi connectivity index (χ3v) is 2.51. The molecule has 80 valence electrons. The number of nitrogens with zero attached hydrogens (tertiary/aromatic N) is 3. The maximum Gasteiger partial charge on any atom is 0.225 e. The highest BCUT2D eigenvalue weighted by molar-refractivity contribution is 5.84. The molecule has 1 aliphatic heterocycles. The number of carbonyl (C=O) groups is 1. The lowest BCUT2D eigenvalue weighted by molar-refractivity contribution is -0.255. The van der Waals surface area contributed by atoms with Crippen molar-refractivity contribution in [3.05, 3.63) is 18.0 Å². The molecule has 5 nitrogen and oxygen atoms in total. The summed E-state index contributed by atoms with van der Waals surface area (Å²) in [6.45, 7) is 1.90. The summed E-state index contributed by atoms with van der Waals surface area (Å²) in [7, 11) is 0. The summed E-state index contributed by atoms with van der Waals surface area (Å²) in [6, 6.07) is 0. The van der Waals surface area contributed by atoms with Crippen molar-refractivity contribution in [2.24, 2.45) is 0 Å². The van der Waals surface area contributed by atoms with Crippen molar-refractivity contribution in [3.63, 3.8) is 0 Å². The number of carbonyl (C=O) groups excluding carboxylic acids is 1. The van der Waals surface area contributed by atoms with E-state index in [0.29, 0.717) is 5.95 Å². The summed E-state index contributed by atoms with van der Waals surface area (Å²) in [5.74, 6) is -0.625. The molecule has 1 aliphatic rings. The number of hydrogen-bond donors (Lipinski definition) is 0. The van der Waals surface area contributed by atoms with Crippen LogP contribution in [-0.4, -0.2) is 29.0 Å². The molecular weight excluding hydrogens is 194 g/mol. The van der Waals surface area contributed by atoms with E-state index < -0.39 is 5.97 Å². The first-order chi connectivity index (χ1) is 7.27. The van der Waals surface area contributed by atoms with Crippen LogP contribution in [0.5, 0.6) is 0 Å². The van der Waals surface area contributed by atoms with Gasteiger partial charge in [0.2, 0.25) is 5.95 Å². The van der Waals surface area contributed by atoms with Gasteiger partial charge in [0.15, 0.2) is 0 Å². The number of aromatic nitrogens is 2. The van der Waals surface area contributed by atoms with Crippen molar-refractivity contribution in [3.8, 4) is 0 Å². The second kappa shape index (κ2) is 4.25. The maximum atomic E-state index is 10.5. The van der Waals surface area contributed by atoms with E-state index in [-0.39, 0.29) is 5.56 Å². The van der Waals surface area contributed by atoms with Crippen LogP contribution in [0.25, 0.3) is 0 Å². The minimum atomic E-state index is -1.24. The Hall–Kier alpha value is -1.65. The van der Waals surface area contributed by atoms with Crippen LogP contribution in [0.4, 0.5) is 5.95 Å². The van der Waals surface area contributed by atoms with E-state index in [9.17, 15) is 9.90 Å². The van der Waals surface area contributed by atoms with Gasteiger partial charge in [0.1, 0.15) is 0 Å². The zero-order chi connectivity index (χ0) is 10.7. The number of aromatic carboxylic acids is 1. The van der Waals surface area contributed by atoms with Crippen molar-refractivity contribution < 1.29 is 9.90 Å². The molecule has 5 heteroatoms. The number of carboxylic acids is 1. The fourth-order valence-electron chi connectivity index (χ4n) is 1.68. The predicted octanol–water partition coefficient (Wildman–Crippen LogP) is -0.170. The topological polar surface area (TPSA) is 69.2 Å². The second-order valence-electron chi connectivity index (χ2n) is 3.61. The molecule has 0 unspecified atom stereocenters. The van der Waals surface area contributed by atoms with Gasteiger partial charge in [-0.25, -0.2) is 9.97 Å². The minimum absolute atomic E-state index is 0.0239. The lowest BCUT2D eigenvalue weighted by atomic mass is 10.1. The summed E-state index contributed by atoms with van der Waals surface area (Å²) in [6.07, 6.45) is 6.13. The van der Waals surface area contributed by atoms with E-state index in [1.165, 1.54) is 18.8 Å². The highest BCUT2D eigenvalue weighted by Gasteiger charge is 2.12. The Morgan fingerprint density at radius 1 is 1.20 bits per heavy atom. The quantitative estimate of drug-likeness (QED) is 0.672. The molecule has 0 N–H and O–H groups in total. The lowest BCUT2D eigenvalue weighted by Gasteiger charge is -2.26. The van der Waals surface area contributed by atoms with E-state index in [1.54, 1.807) is 0 Å². The van der Waals surface area contributed by atoms with Gasteiger partial charge in [0.05, 0.1) is 5.97 Å². The van der Waals surface area contributed by atoms with Crippen molar-refractivity contribution in [2.75, 3.05) is 18.0 Å². The van der Waals surface area contributed by atoms with Gasteiger partial charge in [-0.2, -0.15) is 0 Å². The standard InChI is InChI=1S/C10H13N3O2/c14-9(15)8-6-11-10(12-7-8)13-4-2-1-3-5-13/h6-7H,1-5H2,(H,14,15)/p-1. The highest BCUT2D eigenvalue weighted by atomic mass is 16.4. The van der Waals surface area contributed by atoms with Crippen LogP contribution < -0.4 is 10.0 Å². The van der Waals surface area contributed by atoms with E-state index >= 15 is 0 Å². The molecule has 2 heterocycles. The predicted molar refractivity (Wildman–Crippen MR) is 52.4 cm³/mol. The number of rotatable bonds is 2. The van der Waals surface area contributed by atoms with Crippen LogP contribution in [0.2, 0.25) is 0 Å². The number of piperidine rings is 1. The zero-order valence-corrected chi connectivity index (χ0v) is 8.35. The number of anilines is 1. The molecule has 0 aromatic carbocycles. The molecule has 0 atom stereocenters. The minimum Gasteiger partial charge on any atom is -0.545 e. The van der Waals surface area contributed by atoms with Gasteiger partial charge in [-0.05, 0) is 19.3 Å². The van der Waals surface area contributed by atoms with Crippen LogP contribution in [-0.2, 0) is 0 Å². The van der Waals surface area contributed by atoms with Gasteiger partial charge < -0.3 is 14.8 Å². The van der Waals surface area contributed by atoms with Crippen molar-refractivity contribution in [1.29, 1.82) is 0 Å². The smallest absolute Gasteiger partial charge is 0.225 e. The van der Waals surface area contributed by atoms with Gasteiger partial charge in [-0.1, -0.05) is 0 Å². The van der Waals surface area contributed by atoms with E-state index in [1.807, 2.05) is 0 Å². The van der Waals surface area contributed by atoms with Crippen LogP contribution >= 0.6 is 0 Å². The Kier molecular flexibility index (Phi) is 2.80. The Morgan fingerprint density at radius 3 is 2.33 bits per heavy atom. The van der Waals surface area contributed by atoms with Crippen LogP contribution in [0, 0.1) is 0 Å². The van der Waals surface area contributed by atoms with Gasteiger partial charge >= 0.3 is 0 Å². The first-order valence-corrected chi connectivity index (χ1v) is 5.06. The summed E-state index contributed by atoms with van der Waals surface area (Å²) < 4.78 is 0. The van der Waals surface area contributed by atoms with Crippen LogP contribution in [0.15, 0.2) is 12.4 Å². The molecule has 0 bridgehead atoms. The molecule has 1 fully saturated rings. The third kappa shape index (κ3) is 2.23. The van der Waals surface area contributed by atoms with Gasteiger partial charge in [0, 0.05) is 31.0 Å². The number of carboxylic acid groups (broad SMARTS) is 1. The highest BCUT2D eigenvalue weighted by Crippen LogP contribution is 2.14. The van der Waals surface area contributed by atoms with Crippen molar-refractivity contribution in [1.82, 2.24) is 9.97 Å². The molecule has 0 spiro atoms. The Bertz CT molecular complexity index is 344. The summed E-state index contributed by atoms with van der Waals surface area (Å²) in [5, 5.41) is 10.5. The SMILES string of the molecule is O=C([O-])c1cnc(N2CCCCC2)nc1. The van der Waals surface area contributed by atoms with Gasteiger partial charge in [-0.3, -0.25) is 0 Å². The molecule has 0 amide bonds. The second-order valence-corrected chi connectivity index (χ2v) is 3.61. The molecule has 2 rings (SSSR count). The average molecular weight is 206 g/mol. The Morgan fingerprint density at radius 2 is 1.80 bits per heavy atom. The zero-order valence-electron chi connectivity index (χ0n) is 8.35. The summed E-state index contributed by atoms with van der Waals surface area (Å²) >= 11 is 0. The van der Waals surface area contributed by atoms with Gasteiger partial charge in [0.25, 0.3) is 0 Å². The third-order valence-electron chi connectivity index (χ3n) is 2.51. The monoisotopic (exact) mass is 206 g/mol. The van der Waals surface area contributed by atoms with E-state index in [2.05, 4.69) is 14.9 Å². The van der Waals surface area contributed by atoms with Gasteiger partial charge in [-0.15, -0.1) is 0 Å². The summed E-state index contributed by atoms with van der Waals surface area (Å²) in [4.78, 5) is 20.6. The largest absolute Gasteiger partial charge is 0.545 e. The van der Waals surface area contributed by atoms with E-state index in [0.717, 1.165) is 25.9 Å². The lowest BCUT2D eigenvalue weighted by Crippen LogP contribution is -2.31. The Balaban J connectivity index is 2.11. The molecule has 1 saturated heterocycles.